The van der Waals surface area contributed by atoms with Gasteiger partial charge in [-0.1, -0.05) is 55.3 Å². The molecule has 3 N–H and O–H groups in total. The Labute approximate surface area is 259 Å². The number of amides is 1. The van der Waals surface area contributed by atoms with Crippen LogP contribution in [0.1, 0.15) is 48.6 Å². The number of fused-ring (bicyclic) bond motifs is 1. The zero-order valence-electron chi connectivity index (χ0n) is 23.4. The number of unbranched alkanes of at least 4 members (excludes halogenated alkanes) is 1. The van der Waals surface area contributed by atoms with Gasteiger partial charge in [0.25, 0.3) is 5.91 Å². The molecule has 0 saturated carbocycles. The molecule has 0 bridgehead atoms. The molecule has 5 rings (SSSR count). The average Bonchev–Trinajstić information content (AvgIpc) is 3.73. The predicted molar refractivity (Wildman–Crippen MR) is 162 cm³/mol. The summed E-state index contributed by atoms with van der Waals surface area (Å²) in [5.41, 5.74) is 3.15. The second-order valence-electron chi connectivity index (χ2n) is 9.67. The Morgan fingerprint density at radius 1 is 1.21 bits per heavy atom. The fourth-order valence-electron chi connectivity index (χ4n) is 4.75. The molecule has 2 aromatic carbocycles. The third-order valence-corrected chi connectivity index (χ3v) is 7.87. The summed E-state index contributed by atoms with van der Waals surface area (Å²) in [5.74, 6) is 0.306. The van der Waals surface area contributed by atoms with E-state index in [1.807, 2.05) is 42.5 Å². The number of aliphatic hydroxyl groups is 1. The van der Waals surface area contributed by atoms with Gasteiger partial charge in [0.05, 0.1) is 17.7 Å². The van der Waals surface area contributed by atoms with E-state index in [0.717, 1.165) is 39.4 Å². The van der Waals surface area contributed by atoms with Crippen molar-refractivity contribution >= 4 is 50.4 Å². The van der Waals surface area contributed by atoms with Crippen molar-refractivity contribution in [2.24, 2.45) is 0 Å². The van der Waals surface area contributed by atoms with Gasteiger partial charge in [0.2, 0.25) is 5.82 Å². The molecule has 224 valence electrons. The van der Waals surface area contributed by atoms with Crippen LogP contribution in [0.5, 0.6) is 0 Å². The molecule has 0 aliphatic heterocycles. The average molecular weight is 671 g/mol. The molecule has 0 aliphatic rings. The zero-order chi connectivity index (χ0) is 30.5. The SMILES string of the molecule is CCCCc1nc(Cl)c(C(=O)N[C@H](CO)C(=O)OCC)n1Cc1ccc2oc(-c3ccccc3-c3nn[nH]n3)c(Br)c2c1. The number of rotatable bonds is 12. The number of esters is 1. The Balaban J connectivity index is 1.51. The van der Waals surface area contributed by atoms with Crippen LogP contribution in [0.15, 0.2) is 51.4 Å². The van der Waals surface area contributed by atoms with Crippen molar-refractivity contribution in [3.05, 3.63) is 69.2 Å². The maximum Gasteiger partial charge on any atom is 0.331 e. The number of hydrogen-bond donors (Lipinski definition) is 3. The van der Waals surface area contributed by atoms with E-state index in [9.17, 15) is 14.7 Å². The van der Waals surface area contributed by atoms with Gasteiger partial charge in [0.15, 0.2) is 11.2 Å². The Morgan fingerprint density at radius 2 is 2.00 bits per heavy atom. The lowest BCUT2D eigenvalue weighted by atomic mass is 10.0. The highest BCUT2D eigenvalue weighted by Crippen LogP contribution is 2.41. The minimum absolute atomic E-state index is 0.00933. The molecule has 1 atom stereocenters. The predicted octanol–water partition coefficient (Wildman–Crippen LogP) is 4.94. The minimum atomic E-state index is -1.24. The van der Waals surface area contributed by atoms with E-state index >= 15 is 0 Å². The first-order valence-electron chi connectivity index (χ1n) is 13.7. The maximum atomic E-state index is 13.4. The topological polar surface area (TPSA) is 161 Å². The molecule has 3 heterocycles. The monoisotopic (exact) mass is 669 g/mol. The van der Waals surface area contributed by atoms with Gasteiger partial charge in [0, 0.05) is 29.5 Å². The van der Waals surface area contributed by atoms with Gasteiger partial charge in [-0.25, -0.2) is 9.78 Å². The summed E-state index contributed by atoms with van der Waals surface area (Å²) in [6, 6.07) is 12.1. The number of aromatic amines is 1. The van der Waals surface area contributed by atoms with Crippen molar-refractivity contribution in [2.75, 3.05) is 13.2 Å². The number of H-pyrrole nitrogens is 1. The van der Waals surface area contributed by atoms with E-state index < -0.39 is 24.5 Å². The number of ether oxygens (including phenoxy) is 1. The second-order valence-corrected chi connectivity index (χ2v) is 10.8. The first-order valence-corrected chi connectivity index (χ1v) is 14.9. The molecule has 14 heteroatoms. The van der Waals surface area contributed by atoms with Crippen LogP contribution in [-0.2, 0) is 22.5 Å². The molecule has 0 fully saturated rings. The van der Waals surface area contributed by atoms with E-state index in [1.165, 1.54) is 0 Å². The van der Waals surface area contributed by atoms with Crippen LogP contribution in [0.25, 0.3) is 33.7 Å². The number of carbonyl (C=O) groups excluding carboxylic acids is 2. The van der Waals surface area contributed by atoms with Crippen molar-refractivity contribution in [3.8, 4) is 22.7 Å². The fourth-order valence-corrected chi connectivity index (χ4v) is 5.64. The summed E-state index contributed by atoms with van der Waals surface area (Å²) in [6.07, 6.45) is 2.36. The smallest absolute Gasteiger partial charge is 0.331 e. The molecule has 43 heavy (non-hydrogen) atoms. The molecule has 0 spiro atoms. The highest BCUT2D eigenvalue weighted by atomic mass is 79.9. The van der Waals surface area contributed by atoms with Gasteiger partial charge in [0.1, 0.15) is 22.9 Å². The molecule has 0 unspecified atom stereocenters. The van der Waals surface area contributed by atoms with Gasteiger partial charge in [-0.2, -0.15) is 5.21 Å². The number of aromatic nitrogens is 6. The molecule has 0 radical (unpaired) electrons. The normalized spacial score (nSPS) is 12.0. The standard InChI is InChI=1S/C29H29BrClN7O5/c1-3-5-10-22-33-26(31)24(28(40)32-20(15-39)29(41)42-4-2)38(22)14-16-11-12-21-19(13-16)23(30)25(43-21)17-8-6-7-9-18(17)27-34-36-37-35-27/h6-9,11-13,20,39H,3-5,10,14-15H2,1-2H3,(H,32,40)(H,34,35,36,37)/t20-/m1/s1. The summed E-state index contributed by atoms with van der Waals surface area (Å²) in [4.78, 5) is 30.1. The third-order valence-electron chi connectivity index (χ3n) is 6.82. The van der Waals surface area contributed by atoms with E-state index in [2.05, 4.69) is 53.8 Å². The summed E-state index contributed by atoms with van der Waals surface area (Å²) in [7, 11) is 0. The molecule has 12 nitrogen and oxygen atoms in total. The van der Waals surface area contributed by atoms with Gasteiger partial charge < -0.3 is 24.1 Å². The molecular formula is C29H29BrClN7O5. The van der Waals surface area contributed by atoms with Gasteiger partial charge in [-0.05, 0) is 52.2 Å². The number of nitrogens with zero attached hydrogens (tertiary/aromatic N) is 5. The van der Waals surface area contributed by atoms with E-state index in [4.69, 9.17) is 20.8 Å². The number of hydrogen-bond acceptors (Lipinski definition) is 9. The quantitative estimate of drug-likeness (QED) is 0.156. The lowest BCUT2D eigenvalue weighted by molar-refractivity contribution is -0.146. The lowest BCUT2D eigenvalue weighted by Gasteiger charge is -2.17. The molecular weight excluding hydrogens is 642 g/mol. The fraction of sp³-hybridized carbons (Fsp3) is 0.310. The molecule has 5 aromatic rings. The first-order chi connectivity index (χ1) is 20.9. The van der Waals surface area contributed by atoms with Crippen LogP contribution in [-0.4, -0.2) is 66.4 Å². The van der Waals surface area contributed by atoms with Crippen molar-refractivity contribution < 1.29 is 23.8 Å². The van der Waals surface area contributed by atoms with Gasteiger partial charge in [-0.3, -0.25) is 4.79 Å². The summed E-state index contributed by atoms with van der Waals surface area (Å²) < 4.78 is 13.7. The third kappa shape index (κ3) is 6.33. The largest absolute Gasteiger partial charge is 0.464 e. The number of imidazole rings is 1. The van der Waals surface area contributed by atoms with Crippen LogP contribution >= 0.6 is 27.5 Å². The number of benzene rings is 2. The molecule has 0 aliphatic carbocycles. The molecule has 3 aromatic heterocycles. The Bertz CT molecular complexity index is 1750. The van der Waals surface area contributed by atoms with E-state index in [0.29, 0.717) is 29.4 Å². The van der Waals surface area contributed by atoms with Crippen LogP contribution < -0.4 is 5.32 Å². The summed E-state index contributed by atoms with van der Waals surface area (Å²) in [6.45, 7) is 3.47. The van der Waals surface area contributed by atoms with Crippen LogP contribution in [0.2, 0.25) is 5.15 Å². The first kappa shape index (κ1) is 30.4. The van der Waals surface area contributed by atoms with E-state index in [1.54, 1.807) is 11.5 Å². The number of furan rings is 1. The van der Waals surface area contributed by atoms with Crippen molar-refractivity contribution in [3.63, 3.8) is 0 Å². The Kier molecular flexibility index (Phi) is 9.53. The zero-order valence-corrected chi connectivity index (χ0v) is 25.8. The van der Waals surface area contributed by atoms with Crippen molar-refractivity contribution in [1.82, 2.24) is 35.5 Å². The number of nitrogens with one attached hydrogen (secondary N) is 2. The minimum Gasteiger partial charge on any atom is -0.464 e. The van der Waals surface area contributed by atoms with Crippen molar-refractivity contribution in [2.45, 2.75) is 45.7 Å². The second kappa shape index (κ2) is 13.5. The van der Waals surface area contributed by atoms with Crippen LogP contribution in [0, 0.1) is 0 Å². The highest BCUT2D eigenvalue weighted by Gasteiger charge is 2.28. The number of carbonyl (C=O) groups is 2. The Hall–Kier alpha value is -4.07. The highest BCUT2D eigenvalue weighted by molar-refractivity contribution is 9.10. The number of halogens is 2. The number of aryl methyl sites for hydroxylation is 1. The number of aliphatic hydroxyl groups excluding tert-OH is 1. The summed E-state index contributed by atoms with van der Waals surface area (Å²) >= 11 is 10.2. The molecule has 0 saturated heterocycles. The van der Waals surface area contributed by atoms with Crippen LogP contribution in [0.4, 0.5) is 0 Å². The van der Waals surface area contributed by atoms with Crippen LogP contribution in [0.3, 0.4) is 0 Å². The maximum absolute atomic E-state index is 13.4. The number of tetrazole rings is 1. The van der Waals surface area contributed by atoms with Gasteiger partial charge in [-0.15, -0.1) is 10.2 Å². The van der Waals surface area contributed by atoms with E-state index in [-0.39, 0.29) is 24.0 Å². The summed E-state index contributed by atoms with van der Waals surface area (Å²) in [5, 5.41) is 27.5. The van der Waals surface area contributed by atoms with Gasteiger partial charge >= 0.3 is 5.97 Å². The molecule has 1 amide bonds. The van der Waals surface area contributed by atoms with Crippen molar-refractivity contribution in [1.29, 1.82) is 0 Å². The Morgan fingerprint density at radius 3 is 2.70 bits per heavy atom. The lowest BCUT2D eigenvalue weighted by Crippen LogP contribution is -2.45.